The molecule has 0 saturated heterocycles. The molecule has 1 aromatic rings. The molecule has 1 rings (SSSR count). The molecule has 0 saturated carbocycles. The van der Waals surface area contributed by atoms with E-state index in [1.807, 2.05) is 12.1 Å². The number of carbonyl (C=O) groups is 1. The number of rotatable bonds is 10. The van der Waals surface area contributed by atoms with E-state index in [0.29, 0.717) is 19.8 Å². The van der Waals surface area contributed by atoms with Gasteiger partial charge in [-0.25, -0.2) is 4.79 Å². The molecule has 0 aliphatic rings. The van der Waals surface area contributed by atoms with Crippen LogP contribution >= 0.6 is 0 Å². The van der Waals surface area contributed by atoms with Crippen molar-refractivity contribution >= 4 is 11.8 Å². The molecule has 0 unspecified atom stereocenters. The molecule has 0 aliphatic heterocycles. The molecular weight excluding hydrogens is 328 g/mol. The van der Waals surface area contributed by atoms with E-state index in [9.17, 15) is 4.79 Å². The second kappa shape index (κ2) is 12.0. The third-order valence-electron chi connectivity index (χ3n) is 3.56. The summed E-state index contributed by atoms with van der Waals surface area (Å²) in [6.07, 6.45) is 4.04. The Kier molecular flexibility index (Phi) is 9.98. The van der Waals surface area contributed by atoms with E-state index >= 15 is 0 Å². The van der Waals surface area contributed by atoms with Crippen molar-refractivity contribution in [3.8, 4) is 5.75 Å². The van der Waals surface area contributed by atoms with Gasteiger partial charge < -0.3 is 19.7 Å². The fourth-order valence-corrected chi connectivity index (χ4v) is 2.13. The van der Waals surface area contributed by atoms with Gasteiger partial charge in [0.25, 0.3) is 0 Å². The molecule has 144 valence electrons. The van der Waals surface area contributed by atoms with Crippen LogP contribution < -0.4 is 15.0 Å². The molecule has 0 heterocycles. The fourth-order valence-electron chi connectivity index (χ4n) is 2.13. The van der Waals surface area contributed by atoms with Crippen molar-refractivity contribution in [1.29, 1.82) is 0 Å². The molecule has 5 heteroatoms. The number of ether oxygens (including phenoxy) is 2. The topological polar surface area (TPSA) is 50.8 Å². The highest BCUT2D eigenvalue weighted by Crippen LogP contribution is 2.20. The van der Waals surface area contributed by atoms with E-state index in [-0.39, 0.29) is 0 Å². The van der Waals surface area contributed by atoms with Gasteiger partial charge in [0.1, 0.15) is 12.4 Å². The van der Waals surface area contributed by atoms with Crippen LogP contribution in [-0.4, -0.2) is 38.9 Å². The number of nitrogens with one attached hydrogen (secondary N) is 1. The van der Waals surface area contributed by atoms with Crippen LogP contribution in [0.1, 0.15) is 34.6 Å². The first-order chi connectivity index (χ1) is 12.4. The summed E-state index contributed by atoms with van der Waals surface area (Å²) in [6.45, 7) is 13.1. The molecule has 0 bridgehead atoms. The Morgan fingerprint density at radius 3 is 2.12 bits per heavy atom. The van der Waals surface area contributed by atoms with Crippen LogP contribution in [0.3, 0.4) is 0 Å². The van der Waals surface area contributed by atoms with Crippen LogP contribution in [0.5, 0.6) is 5.75 Å². The lowest BCUT2D eigenvalue weighted by Crippen LogP contribution is -2.28. The molecule has 5 nitrogen and oxygen atoms in total. The highest BCUT2D eigenvalue weighted by Gasteiger charge is 2.05. The summed E-state index contributed by atoms with van der Waals surface area (Å²) in [5.74, 6) is 0.781. The number of nitrogens with zero attached hydrogens (tertiary/aromatic N) is 1. The summed E-state index contributed by atoms with van der Waals surface area (Å²) in [5.41, 5.74) is 3.76. The van der Waals surface area contributed by atoms with Crippen LogP contribution in [0, 0.1) is 0 Å². The Balaban J connectivity index is 2.59. The summed E-state index contributed by atoms with van der Waals surface area (Å²) in [5, 5.41) is 2.63. The summed E-state index contributed by atoms with van der Waals surface area (Å²) in [4.78, 5) is 13.5. The molecule has 1 N–H and O–H groups in total. The number of anilines is 1. The summed E-state index contributed by atoms with van der Waals surface area (Å²) in [6, 6.07) is 8.03. The van der Waals surface area contributed by atoms with Crippen molar-refractivity contribution in [2.45, 2.75) is 34.6 Å². The smallest absolute Gasteiger partial charge is 0.407 e. The Labute approximate surface area is 157 Å². The number of alkyl carbamates (subject to hydrolysis) is 1. The molecule has 0 fully saturated rings. The zero-order valence-corrected chi connectivity index (χ0v) is 16.7. The van der Waals surface area contributed by atoms with Crippen molar-refractivity contribution in [2.24, 2.45) is 0 Å². The van der Waals surface area contributed by atoms with Crippen LogP contribution in [0.15, 0.2) is 47.6 Å². The highest BCUT2D eigenvalue weighted by molar-refractivity contribution is 5.66. The lowest BCUT2D eigenvalue weighted by Gasteiger charge is -2.23. The number of amides is 1. The lowest BCUT2D eigenvalue weighted by molar-refractivity contribution is 0.150. The first-order valence-electron chi connectivity index (χ1n) is 9.07. The molecule has 26 heavy (non-hydrogen) atoms. The van der Waals surface area contributed by atoms with Crippen LogP contribution in [-0.2, 0) is 4.74 Å². The number of allylic oxidation sites excluding steroid dienone is 2. The van der Waals surface area contributed by atoms with E-state index < -0.39 is 6.09 Å². The monoisotopic (exact) mass is 360 g/mol. The van der Waals surface area contributed by atoms with Gasteiger partial charge in [0.15, 0.2) is 0 Å². The minimum Gasteiger partial charge on any atom is -0.492 e. The second-order valence-corrected chi connectivity index (χ2v) is 6.46. The van der Waals surface area contributed by atoms with Gasteiger partial charge in [-0.05, 0) is 58.9 Å². The minimum atomic E-state index is -0.416. The van der Waals surface area contributed by atoms with E-state index in [4.69, 9.17) is 9.47 Å². The average molecular weight is 360 g/mol. The fraction of sp³-hybridized carbons (Fsp3) is 0.476. The maximum atomic E-state index is 11.2. The largest absolute Gasteiger partial charge is 0.492 e. The van der Waals surface area contributed by atoms with Crippen LogP contribution in [0.4, 0.5) is 10.5 Å². The van der Waals surface area contributed by atoms with Gasteiger partial charge in [0, 0.05) is 18.8 Å². The molecule has 0 aromatic heterocycles. The SMILES string of the molecule is CCOC(=O)NCCOc1ccc(N(CC=C(C)C)CC=C(C)C)cc1. The quantitative estimate of drug-likeness (QED) is 0.491. The molecule has 0 aliphatic carbocycles. The maximum absolute atomic E-state index is 11.2. The Morgan fingerprint density at radius 2 is 1.62 bits per heavy atom. The third-order valence-corrected chi connectivity index (χ3v) is 3.56. The summed E-state index contributed by atoms with van der Waals surface area (Å²) >= 11 is 0. The van der Waals surface area contributed by atoms with Crippen molar-refractivity contribution < 1.29 is 14.3 Å². The predicted octanol–water partition coefficient (Wildman–Crippen LogP) is 4.55. The van der Waals surface area contributed by atoms with Gasteiger partial charge in [-0.15, -0.1) is 0 Å². The Hall–Kier alpha value is -2.43. The highest BCUT2D eigenvalue weighted by atomic mass is 16.5. The number of benzene rings is 1. The lowest BCUT2D eigenvalue weighted by atomic mass is 10.2. The maximum Gasteiger partial charge on any atom is 0.407 e. The first kappa shape index (κ1) is 21.6. The minimum absolute atomic E-state index is 0.365. The van der Waals surface area contributed by atoms with Gasteiger partial charge in [-0.1, -0.05) is 23.3 Å². The van der Waals surface area contributed by atoms with Gasteiger partial charge in [-0.3, -0.25) is 0 Å². The predicted molar refractivity (Wildman–Crippen MR) is 108 cm³/mol. The standard InChI is InChI=1S/C21H32N2O3/c1-6-25-21(24)22-13-16-26-20-9-7-19(8-10-20)23(14-11-17(2)3)15-12-18(4)5/h7-12H,6,13-16H2,1-5H3,(H,22,24). The number of hydrogen-bond acceptors (Lipinski definition) is 4. The van der Waals surface area contributed by atoms with Crippen molar-refractivity contribution in [3.63, 3.8) is 0 Å². The Morgan fingerprint density at radius 1 is 1.04 bits per heavy atom. The first-order valence-corrected chi connectivity index (χ1v) is 9.07. The molecule has 0 radical (unpaired) electrons. The molecular formula is C21H32N2O3. The van der Waals surface area contributed by atoms with E-state index in [2.05, 4.69) is 62.2 Å². The summed E-state index contributed by atoms with van der Waals surface area (Å²) < 4.78 is 10.4. The van der Waals surface area contributed by atoms with E-state index in [1.165, 1.54) is 11.1 Å². The zero-order valence-electron chi connectivity index (χ0n) is 16.7. The Bertz CT molecular complexity index is 578. The van der Waals surface area contributed by atoms with Gasteiger partial charge >= 0.3 is 6.09 Å². The second-order valence-electron chi connectivity index (χ2n) is 6.46. The van der Waals surface area contributed by atoms with Crippen LogP contribution in [0.2, 0.25) is 0 Å². The summed E-state index contributed by atoms with van der Waals surface area (Å²) in [7, 11) is 0. The average Bonchev–Trinajstić information content (AvgIpc) is 2.59. The molecule has 0 spiro atoms. The van der Waals surface area contributed by atoms with Gasteiger partial charge in [-0.2, -0.15) is 0 Å². The zero-order chi connectivity index (χ0) is 19.4. The van der Waals surface area contributed by atoms with Crippen LogP contribution in [0.25, 0.3) is 0 Å². The van der Waals surface area contributed by atoms with Crippen molar-refractivity contribution in [3.05, 3.63) is 47.6 Å². The number of carbonyl (C=O) groups excluding carboxylic acids is 1. The normalized spacial score (nSPS) is 9.88. The van der Waals surface area contributed by atoms with Gasteiger partial charge in [0.2, 0.25) is 0 Å². The van der Waals surface area contributed by atoms with E-state index in [0.717, 1.165) is 24.5 Å². The van der Waals surface area contributed by atoms with Gasteiger partial charge in [0.05, 0.1) is 13.2 Å². The van der Waals surface area contributed by atoms with Crippen molar-refractivity contribution in [2.75, 3.05) is 37.7 Å². The third kappa shape index (κ3) is 9.16. The van der Waals surface area contributed by atoms with E-state index in [1.54, 1.807) is 6.92 Å². The molecule has 1 amide bonds. The molecule has 0 atom stereocenters. The van der Waals surface area contributed by atoms with Crippen molar-refractivity contribution in [1.82, 2.24) is 5.32 Å². The molecule has 1 aromatic carbocycles. The number of hydrogen-bond donors (Lipinski definition) is 1.